The number of carbonyl (C=O) groups is 5. The molecule has 3 aliphatic rings. The Balaban J connectivity index is 1.70. The van der Waals surface area contributed by atoms with Crippen molar-refractivity contribution in [2.75, 3.05) is 25.1 Å². The van der Waals surface area contributed by atoms with Crippen LogP contribution < -0.4 is 16.0 Å². The minimum atomic E-state index is -1.12. The summed E-state index contributed by atoms with van der Waals surface area (Å²) in [7, 11) is 4.55. The fourth-order valence-corrected chi connectivity index (χ4v) is 6.49. The third-order valence-electron chi connectivity index (χ3n) is 6.58. The van der Waals surface area contributed by atoms with Gasteiger partial charge in [0.15, 0.2) is 0 Å². The van der Waals surface area contributed by atoms with E-state index < -0.39 is 53.3 Å². The van der Waals surface area contributed by atoms with Crippen molar-refractivity contribution in [3.63, 3.8) is 0 Å². The molecular formula is C25H31N5O6S2. The third kappa shape index (κ3) is 7.28. The highest BCUT2D eigenvalue weighted by molar-refractivity contribution is 8.76. The van der Waals surface area contributed by atoms with Gasteiger partial charge in [-0.15, -0.1) is 0 Å². The summed E-state index contributed by atoms with van der Waals surface area (Å²) in [5, 5.41) is 8.15. The van der Waals surface area contributed by atoms with E-state index in [1.165, 1.54) is 22.7 Å². The highest BCUT2D eigenvalue weighted by atomic mass is 33.1. The van der Waals surface area contributed by atoms with E-state index in [4.69, 9.17) is 4.74 Å². The average Bonchev–Trinajstić information content (AvgIpc) is 3.67. The standard InChI is InChI=1S/C25H31N5O6S2/c1-30-19-15-38-37-11-3-2-4-17(36-21(32)14-27-24(35)25(7-8-25)29-22(19)33)13-20(31)28-18(23(30)34)12-16-5-9-26-10-6-16/h2,4-6,9-10,17-19H,3,7-8,11-15H2,1H3,(H,27,35)(H,28,31)(H,29,33)/b4-2+/t17-,18-,19-/m1/s1. The molecule has 3 N–H and O–H groups in total. The second kappa shape index (κ2) is 12.7. The van der Waals surface area contributed by atoms with Crippen LogP contribution in [0.3, 0.4) is 0 Å². The minimum absolute atomic E-state index is 0.181. The zero-order chi connectivity index (χ0) is 27.1. The molecule has 0 radical (unpaired) electrons. The maximum Gasteiger partial charge on any atom is 0.326 e. The topological polar surface area (TPSA) is 147 Å². The molecule has 13 heteroatoms. The lowest BCUT2D eigenvalue weighted by molar-refractivity contribution is -0.149. The molecule has 2 bridgehead atoms. The van der Waals surface area contributed by atoms with Gasteiger partial charge in [0.1, 0.15) is 30.3 Å². The molecule has 38 heavy (non-hydrogen) atoms. The molecule has 4 rings (SSSR count). The molecule has 1 saturated carbocycles. The van der Waals surface area contributed by atoms with Crippen LogP contribution in [0.1, 0.15) is 31.2 Å². The fraction of sp³-hybridized carbons (Fsp3) is 0.520. The van der Waals surface area contributed by atoms with Gasteiger partial charge in [0.2, 0.25) is 23.6 Å². The number of rotatable bonds is 2. The van der Waals surface area contributed by atoms with Gasteiger partial charge in [0.25, 0.3) is 0 Å². The van der Waals surface area contributed by atoms with Crippen LogP contribution in [0.2, 0.25) is 0 Å². The van der Waals surface area contributed by atoms with Crippen molar-refractivity contribution < 1.29 is 28.7 Å². The van der Waals surface area contributed by atoms with Crippen molar-refractivity contribution in [2.45, 2.75) is 55.8 Å². The molecule has 1 aliphatic carbocycles. The van der Waals surface area contributed by atoms with Crippen LogP contribution in [0.4, 0.5) is 0 Å². The quantitative estimate of drug-likeness (QED) is 0.265. The van der Waals surface area contributed by atoms with Crippen LogP contribution in [0, 0.1) is 0 Å². The molecule has 0 unspecified atom stereocenters. The monoisotopic (exact) mass is 561 g/mol. The molecule has 0 aromatic carbocycles. The molecule has 1 aromatic rings. The molecule has 4 amide bonds. The van der Waals surface area contributed by atoms with Gasteiger partial charge in [-0.2, -0.15) is 0 Å². The summed E-state index contributed by atoms with van der Waals surface area (Å²) in [5.41, 5.74) is -0.339. The lowest BCUT2D eigenvalue weighted by Crippen LogP contribution is -2.59. The summed E-state index contributed by atoms with van der Waals surface area (Å²) >= 11 is 0. The molecule has 1 aromatic heterocycles. The number of esters is 1. The van der Waals surface area contributed by atoms with Gasteiger partial charge < -0.3 is 25.6 Å². The van der Waals surface area contributed by atoms with Gasteiger partial charge >= 0.3 is 5.97 Å². The molecule has 3 atom stereocenters. The summed E-state index contributed by atoms with van der Waals surface area (Å²) in [6.45, 7) is -0.388. The number of fused-ring (bicyclic) bond motifs is 7. The minimum Gasteiger partial charge on any atom is -0.456 e. The van der Waals surface area contributed by atoms with Gasteiger partial charge in [-0.05, 0) is 43.0 Å². The van der Waals surface area contributed by atoms with E-state index in [0.29, 0.717) is 30.8 Å². The van der Waals surface area contributed by atoms with Crippen molar-refractivity contribution in [3.05, 3.63) is 42.2 Å². The Bertz CT molecular complexity index is 1100. The Morgan fingerprint density at radius 1 is 1.13 bits per heavy atom. The number of likely N-dealkylation sites (N-methyl/N-ethyl adjacent to an activating group) is 1. The Kier molecular flexibility index (Phi) is 9.31. The van der Waals surface area contributed by atoms with Crippen molar-refractivity contribution in [3.8, 4) is 0 Å². The summed E-state index contributed by atoms with van der Waals surface area (Å²) in [4.78, 5) is 71.0. The van der Waals surface area contributed by atoms with E-state index in [-0.39, 0.29) is 19.4 Å². The van der Waals surface area contributed by atoms with Crippen molar-refractivity contribution in [1.82, 2.24) is 25.8 Å². The fourth-order valence-electron chi connectivity index (χ4n) is 4.22. The zero-order valence-electron chi connectivity index (χ0n) is 21.0. The van der Waals surface area contributed by atoms with Crippen LogP contribution in [0.25, 0.3) is 0 Å². The number of hydrogen-bond donors (Lipinski definition) is 3. The molecule has 1 saturated heterocycles. The first kappa shape index (κ1) is 28.0. The first-order valence-electron chi connectivity index (χ1n) is 12.4. The summed E-state index contributed by atoms with van der Waals surface area (Å²) < 4.78 is 5.49. The Hall–Kier alpha value is -3.06. The van der Waals surface area contributed by atoms with Crippen LogP contribution in [-0.2, 0) is 35.1 Å². The highest BCUT2D eigenvalue weighted by Gasteiger charge is 2.52. The molecule has 2 fully saturated rings. The van der Waals surface area contributed by atoms with E-state index >= 15 is 0 Å². The Morgan fingerprint density at radius 3 is 2.63 bits per heavy atom. The molecule has 1 spiro atoms. The number of amides is 4. The maximum atomic E-state index is 13.8. The first-order valence-corrected chi connectivity index (χ1v) is 14.9. The van der Waals surface area contributed by atoms with Gasteiger partial charge in [0, 0.05) is 37.4 Å². The normalized spacial score (nSPS) is 28.0. The number of aromatic nitrogens is 1. The SMILES string of the molecule is CN1C(=O)[C@@H](Cc2ccncc2)NC(=O)C[C@H]2/C=C/CCSSC[C@@H]1C(=O)NC1(CC1)C(=O)NCC(=O)O2. The number of carbonyl (C=O) groups excluding carboxylic acids is 5. The van der Waals surface area contributed by atoms with Crippen LogP contribution in [-0.4, -0.2) is 88.3 Å². The number of pyridine rings is 1. The van der Waals surface area contributed by atoms with E-state index in [0.717, 1.165) is 5.56 Å². The summed E-state index contributed by atoms with van der Waals surface area (Å²) in [6.07, 6.45) is 7.32. The number of nitrogens with zero attached hydrogens (tertiary/aromatic N) is 2. The predicted molar refractivity (Wildman–Crippen MR) is 143 cm³/mol. The highest BCUT2D eigenvalue weighted by Crippen LogP contribution is 2.36. The lowest BCUT2D eigenvalue weighted by atomic mass is 10.0. The van der Waals surface area contributed by atoms with E-state index in [9.17, 15) is 24.0 Å². The predicted octanol–water partition coefficient (Wildman–Crippen LogP) is 0.358. The van der Waals surface area contributed by atoms with Crippen LogP contribution >= 0.6 is 21.6 Å². The smallest absolute Gasteiger partial charge is 0.326 e. The van der Waals surface area contributed by atoms with Gasteiger partial charge in [0.05, 0.1) is 6.42 Å². The molecule has 204 valence electrons. The molecule has 2 aliphatic heterocycles. The first-order chi connectivity index (χ1) is 18.3. The molecule has 11 nitrogen and oxygen atoms in total. The lowest BCUT2D eigenvalue weighted by Gasteiger charge is -2.32. The van der Waals surface area contributed by atoms with E-state index in [1.807, 2.05) is 6.08 Å². The van der Waals surface area contributed by atoms with Gasteiger partial charge in [-0.1, -0.05) is 27.7 Å². The summed E-state index contributed by atoms with van der Waals surface area (Å²) in [6, 6.07) is 1.65. The largest absolute Gasteiger partial charge is 0.456 e. The van der Waals surface area contributed by atoms with Crippen molar-refractivity contribution in [1.29, 1.82) is 0 Å². The van der Waals surface area contributed by atoms with Crippen LogP contribution in [0.5, 0.6) is 0 Å². The van der Waals surface area contributed by atoms with Crippen LogP contribution in [0.15, 0.2) is 36.7 Å². The summed E-state index contributed by atoms with van der Waals surface area (Å²) in [5.74, 6) is -1.56. The van der Waals surface area contributed by atoms with Gasteiger partial charge in [-0.3, -0.25) is 29.0 Å². The third-order valence-corrected chi connectivity index (χ3v) is 9.01. The number of ether oxygens (including phenoxy) is 1. The number of allylic oxidation sites excluding steroid dienone is 1. The number of hydrogen-bond acceptors (Lipinski definition) is 9. The zero-order valence-corrected chi connectivity index (χ0v) is 22.6. The van der Waals surface area contributed by atoms with Gasteiger partial charge in [-0.25, -0.2) is 0 Å². The Morgan fingerprint density at radius 2 is 1.89 bits per heavy atom. The molecule has 3 heterocycles. The number of nitrogens with one attached hydrogen (secondary N) is 3. The van der Waals surface area contributed by atoms with Crippen molar-refractivity contribution in [2.24, 2.45) is 0 Å². The van der Waals surface area contributed by atoms with E-state index in [1.54, 1.807) is 41.4 Å². The average molecular weight is 562 g/mol. The van der Waals surface area contributed by atoms with Crippen molar-refractivity contribution >= 4 is 51.2 Å². The Labute approximate surface area is 228 Å². The second-order valence-electron chi connectivity index (χ2n) is 9.45. The van der Waals surface area contributed by atoms with E-state index in [2.05, 4.69) is 20.9 Å². The second-order valence-corrected chi connectivity index (χ2v) is 12.1. The maximum absolute atomic E-state index is 13.8. The molecular weight excluding hydrogens is 530 g/mol.